The number of aromatic nitrogens is 3. The van der Waals surface area contributed by atoms with Gasteiger partial charge in [0.05, 0.1) is 16.8 Å². The minimum Gasteiger partial charge on any atom is -0.339 e. The zero-order valence-electron chi connectivity index (χ0n) is 19.2. The lowest BCUT2D eigenvalue weighted by Gasteiger charge is -2.13. The number of benzene rings is 2. The van der Waals surface area contributed by atoms with E-state index in [4.69, 9.17) is 0 Å². The van der Waals surface area contributed by atoms with Crippen molar-refractivity contribution in [3.63, 3.8) is 0 Å². The number of fused-ring (bicyclic) bond motifs is 2. The number of hydrogen-bond acceptors (Lipinski definition) is 5. The molecule has 2 N–H and O–H groups in total. The number of aromatic amines is 1. The predicted octanol–water partition coefficient (Wildman–Crippen LogP) is 4.67. The van der Waals surface area contributed by atoms with Crippen LogP contribution in [-0.2, 0) is 4.79 Å². The summed E-state index contributed by atoms with van der Waals surface area (Å²) in [6.07, 6.45) is 3.37. The summed E-state index contributed by atoms with van der Waals surface area (Å²) in [7, 11) is 0. The minimum absolute atomic E-state index is 0.252. The minimum atomic E-state index is -0.555. The molecule has 1 aliphatic rings. The standard InChI is InChI=1S/C28H18FN5O3/c29-18-7-5-17(6-8-18)25-24(16-11-13-30-14-12-16)21-9-10-22(32-26(21)33-25)31-23(35)15-34-27(36)19-3-1-2-4-20(19)28(34)37/h1-14H,15H2,(H2,31,32,33,35). The van der Waals surface area contributed by atoms with Gasteiger partial charge in [0.25, 0.3) is 11.8 Å². The van der Waals surface area contributed by atoms with Crippen molar-refractivity contribution in [3.05, 3.63) is 102 Å². The van der Waals surface area contributed by atoms with E-state index in [1.54, 1.807) is 54.9 Å². The summed E-state index contributed by atoms with van der Waals surface area (Å²) in [5.74, 6) is -1.65. The van der Waals surface area contributed by atoms with Gasteiger partial charge in [-0.15, -0.1) is 0 Å². The van der Waals surface area contributed by atoms with Crippen molar-refractivity contribution in [1.29, 1.82) is 0 Å². The van der Waals surface area contributed by atoms with E-state index in [-0.39, 0.29) is 22.8 Å². The van der Waals surface area contributed by atoms with Gasteiger partial charge in [-0.1, -0.05) is 12.1 Å². The van der Waals surface area contributed by atoms with Gasteiger partial charge in [0, 0.05) is 23.3 Å². The smallest absolute Gasteiger partial charge is 0.262 e. The van der Waals surface area contributed by atoms with Crippen molar-refractivity contribution >= 4 is 34.6 Å². The third-order valence-electron chi connectivity index (χ3n) is 6.21. The van der Waals surface area contributed by atoms with E-state index in [9.17, 15) is 18.8 Å². The fraction of sp³-hybridized carbons (Fsp3) is 0.0357. The highest BCUT2D eigenvalue weighted by Gasteiger charge is 2.36. The average Bonchev–Trinajstić information content (AvgIpc) is 3.41. The van der Waals surface area contributed by atoms with Gasteiger partial charge in [-0.3, -0.25) is 24.3 Å². The summed E-state index contributed by atoms with van der Waals surface area (Å²) in [6, 6.07) is 19.8. The van der Waals surface area contributed by atoms with E-state index in [0.717, 1.165) is 32.7 Å². The second-order valence-corrected chi connectivity index (χ2v) is 8.50. The van der Waals surface area contributed by atoms with E-state index in [1.165, 1.54) is 12.1 Å². The Hall–Kier alpha value is -5.18. The SMILES string of the molecule is O=C(CN1C(=O)c2ccccc2C1=O)Nc1ccc2c(-c3ccncc3)c(-c3ccc(F)cc3)[nH]c2n1. The maximum atomic E-state index is 13.6. The highest BCUT2D eigenvalue weighted by Crippen LogP contribution is 2.38. The molecule has 0 saturated heterocycles. The van der Waals surface area contributed by atoms with Crippen LogP contribution in [0.3, 0.4) is 0 Å². The Labute approximate surface area is 209 Å². The van der Waals surface area contributed by atoms with Gasteiger partial charge in [0.1, 0.15) is 23.8 Å². The van der Waals surface area contributed by atoms with Crippen LogP contribution < -0.4 is 5.32 Å². The Bertz CT molecular complexity index is 1660. The molecule has 2 aromatic carbocycles. The Morgan fingerprint density at radius 2 is 1.54 bits per heavy atom. The number of carbonyl (C=O) groups is 3. The van der Waals surface area contributed by atoms with Gasteiger partial charge < -0.3 is 10.3 Å². The first kappa shape index (κ1) is 22.3. The maximum Gasteiger partial charge on any atom is 0.262 e. The van der Waals surface area contributed by atoms with Crippen molar-refractivity contribution in [2.45, 2.75) is 0 Å². The first-order valence-electron chi connectivity index (χ1n) is 11.4. The number of amides is 3. The second-order valence-electron chi connectivity index (χ2n) is 8.50. The number of imide groups is 1. The first-order valence-corrected chi connectivity index (χ1v) is 11.4. The molecule has 0 atom stereocenters. The van der Waals surface area contributed by atoms with Crippen LogP contribution in [0.2, 0.25) is 0 Å². The zero-order chi connectivity index (χ0) is 25.5. The molecule has 9 heteroatoms. The highest BCUT2D eigenvalue weighted by atomic mass is 19.1. The molecule has 3 amide bonds. The quantitative estimate of drug-likeness (QED) is 0.348. The second kappa shape index (κ2) is 8.80. The topological polar surface area (TPSA) is 108 Å². The number of pyridine rings is 2. The lowest BCUT2D eigenvalue weighted by atomic mass is 10.00. The van der Waals surface area contributed by atoms with Gasteiger partial charge in [0.2, 0.25) is 5.91 Å². The van der Waals surface area contributed by atoms with Crippen LogP contribution in [-0.4, -0.2) is 44.1 Å². The van der Waals surface area contributed by atoms with Crippen LogP contribution in [0, 0.1) is 5.82 Å². The van der Waals surface area contributed by atoms with Crippen molar-refractivity contribution in [3.8, 4) is 22.4 Å². The Morgan fingerprint density at radius 3 is 2.22 bits per heavy atom. The van der Waals surface area contributed by atoms with E-state index in [0.29, 0.717) is 5.65 Å². The third-order valence-corrected chi connectivity index (χ3v) is 6.21. The molecule has 0 saturated carbocycles. The van der Waals surface area contributed by atoms with Gasteiger partial charge in [-0.05, 0) is 71.8 Å². The van der Waals surface area contributed by atoms with Crippen molar-refractivity contribution < 1.29 is 18.8 Å². The average molecular weight is 491 g/mol. The summed E-state index contributed by atoms with van der Waals surface area (Å²) in [4.78, 5) is 50.7. The molecule has 0 radical (unpaired) electrons. The molecule has 180 valence electrons. The molecule has 6 rings (SSSR count). The van der Waals surface area contributed by atoms with E-state index in [2.05, 4.69) is 20.3 Å². The largest absolute Gasteiger partial charge is 0.339 e. The molecule has 0 bridgehead atoms. The monoisotopic (exact) mass is 491 g/mol. The molecule has 0 aliphatic carbocycles. The number of H-pyrrole nitrogens is 1. The number of nitrogens with one attached hydrogen (secondary N) is 2. The van der Waals surface area contributed by atoms with Crippen LogP contribution in [0.1, 0.15) is 20.7 Å². The van der Waals surface area contributed by atoms with Crippen LogP contribution in [0.15, 0.2) is 85.2 Å². The van der Waals surface area contributed by atoms with E-state index < -0.39 is 24.3 Å². The Kier molecular flexibility index (Phi) is 5.30. The Balaban J connectivity index is 1.31. The van der Waals surface area contributed by atoms with Crippen molar-refractivity contribution in [2.75, 3.05) is 11.9 Å². The number of rotatable bonds is 5. The lowest BCUT2D eigenvalue weighted by molar-refractivity contribution is -0.116. The van der Waals surface area contributed by atoms with E-state index in [1.807, 2.05) is 18.2 Å². The lowest BCUT2D eigenvalue weighted by Crippen LogP contribution is -2.37. The molecule has 4 heterocycles. The summed E-state index contributed by atoms with van der Waals surface area (Å²) in [5.41, 5.74) is 4.33. The third kappa shape index (κ3) is 3.92. The number of hydrogen-bond donors (Lipinski definition) is 2. The van der Waals surface area contributed by atoms with Gasteiger partial charge in [0.15, 0.2) is 0 Å². The molecular weight excluding hydrogens is 473 g/mol. The molecule has 37 heavy (non-hydrogen) atoms. The van der Waals surface area contributed by atoms with Gasteiger partial charge in [-0.2, -0.15) is 0 Å². The first-order chi connectivity index (χ1) is 18.0. The maximum absolute atomic E-state index is 13.6. The molecule has 3 aromatic heterocycles. The summed E-state index contributed by atoms with van der Waals surface area (Å²) in [6.45, 7) is -0.431. The molecule has 5 aromatic rings. The van der Waals surface area contributed by atoms with Crippen LogP contribution in [0.25, 0.3) is 33.4 Å². The zero-order valence-corrected chi connectivity index (χ0v) is 19.2. The number of carbonyl (C=O) groups excluding carboxylic acids is 3. The van der Waals surface area contributed by atoms with Crippen LogP contribution >= 0.6 is 0 Å². The fourth-order valence-electron chi connectivity index (χ4n) is 4.50. The summed E-state index contributed by atoms with van der Waals surface area (Å²) >= 11 is 0. The molecule has 1 aliphatic heterocycles. The predicted molar refractivity (Wildman–Crippen MR) is 135 cm³/mol. The number of anilines is 1. The van der Waals surface area contributed by atoms with E-state index >= 15 is 0 Å². The molecule has 8 nitrogen and oxygen atoms in total. The van der Waals surface area contributed by atoms with Crippen molar-refractivity contribution in [2.24, 2.45) is 0 Å². The van der Waals surface area contributed by atoms with Crippen LogP contribution in [0.5, 0.6) is 0 Å². The molecular formula is C28H18FN5O3. The fourth-order valence-corrected chi connectivity index (χ4v) is 4.50. The summed E-state index contributed by atoms with van der Waals surface area (Å²) < 4.78 is 13.6. The Morgan fingerprint density at radius 1 is 0.865 bits per heavy atom. The molecule has 0 fully saturated rings. The van der Waals surface area contributed by atoms with Crippen molar-refractivity contribution in [1.82, 2.24) is 19.9 Å². The summed E-state index contributed by atoms with van der Waals surface area (Å²) in [5, 5.41) is 3.46. The highest BCUT2D eigenvalue weighted by molar-refractivity contribution is 6.22. The normalized spacial score (nSPS) is 12.7. The number of nitrogens with zero attached hydrogens (tertiary/aromatic N) is 3. The van der Waals surface area contributed by atoms with Gasteiger partial charge >= 0.3 is 0 Å². The molecule has 0 spiro atoms. The van der Waals surface area contributed by atoms with Crippen LogP contribution in [0.4, 0.5) is 10.2 Å². The number of halogens is 1. The van der Waals surface area contributed by atoms with Gasteiger partial charge in [-0.25, -0.2) is 9.37 Å². The molecule has 0 unspecified atom stereocenters.